The van der Waals surface area contributed by atoms with E-state index in [1.54, 1.807) is 40.2 Å². The maximum absolute atomic E-state index is 12.8. The Hall–Kier alpha value is -4.54. The molecule has 1 atom stereocenters. The second kappa shape index (κ2) is 8.77. The zero-order chi connectivity index (χ0) is 23.7. The third kappa shape index (κ3) is 3.87. The molecule has 1 fully saturated rings. The Bertz CT molecular complexity index is 1410. The molecular formula is C23H22N8O3. The van der Waals surface area contributed by atoms with Crippen molar-refractivity contribution in [1.29, 1.82) is 0 Å². The number of aromatic nitrogens is 6. The predicted molar refractivity (Wildman–Crippen MR) is 125 cm³/mol. The molecule has 1 unspecified atom stereocenters. The van der Waals surface area contributed by atoms with E-state index in [1.807, 2.05) is 12.1 Å². The molecule has 1 amide bonds. The van der Waals surface area contributed by atoms with Gasteiger partial charge in [-0.15, -0.1) is 0 Å². The fourth-order valence-corrected chi connectivity index (χ4v) is 4.19. The lowest BCUT2D eigenvalue weighted by Gasteiger charge is -2.32. The number of piperidine rings is 1. The molecule has 1 aromatic carbocycles. The molecule has 0 aliphatic carbocycles. The Morgan fingerprint density at radius 2 is 2.00 bits per heavy atom. The van der Waals surface area contributed by atoms with Crippen LogP contribution >= 0.6 is 0 Å². The highest BCUT2D eigenvalue weighted by Crippen LogP contribution is 2.34. The summed E-state index contributed by atoms with van der Waals surface area (Å²) in [6.45, 7) is 4.64. The number of rotatable bonds is 5. The van der Waals surface area contributed by atoms with Crippen LogP contribution in [-0.4, -0.2) is 53.8 Å². The fourth-order valence-electron chi connectivity index (χ4n) is 4.19. The van der Waals surface area contributed by atoms with Gasteiger partial charge < -0.3 is 15.4 Å². The minimum atomic E-state index is -0.392. The second-order valence-electron chi connectivity index (χ2n) is 7.90. The molecule has 11 nitrogen and oxygen atoms in total. The molecule has 4 heterocycles. The van der Waals surface area contributed by atoms with E-state index in [4.69, 9.17) is 15.6 Å². The van der Waals surface area contributed by atoms with E-state index in [9.17, 15) is 9.59 Å². The molecule has 3 aromatic heterocycles. The molecule has 4 aromatic rings. The standard InChI is InChI=1S/C23H22N8O3/c1-2-17(32)30-12-3-5-15(13-30)31-20-18(21(24)27-28-22(20)33)19(29-31)14-6-8-16(9-7-14)34-23-25-10-4-11-26-23/h2,4,6-11,15H,1,3,5,12-13H2,(H2,24,27)(H,28,33). The first-order valence-electron chi connectivity index (χ1n) is 10.8. The van der Waals surface area contributed by atoms with Crippen LogP contribution in [0.2, 0.25) is 0 Å². The van der Waals surface area contributed by atoms with Crippen molar-refractivity contribution in [2.75, 3.05) is 18.8 Å². The highest BCUT2D eigenvalue weighted by Gasteiger charge is 2.28. The lowest BCUT2D eigenvalue weighted by Crippen LogP contribution is -2.40. The number of hydrogen-bond donors (Lipinski definition) is 2. The van der Waals surface area contributed by atoms with Crippen molar-refractivity contribution in [2.24, 2.45) is 0 Å². The summed E-state index contributed by atoms with van der Waals surface area (Å²) in [5, 5.41) is 11.6. The van der Waals surface area contributed by atoms with E-state index in [-0.39, 0.29) is 23.8 Å². The summed E-state index contributed by atoms with van der Waals surface area (Å²) < 4.78 is 7.33. The van der Waals surface area contributed by atoms with Gasteiger partial charge in [0.25, 0.3) is 5.56 Å². The van der Waals surface area contributed by atoms with E-state index in [1.165, 1.54) is 6.08 Å². The minimum absolute atomic E-state index is 0.144. The van der Waals surface area contributed by atoms with Crippen molar-refractivity contribution in [2.45, 2.75) is 18.9 Å². The maximum Gasteiger partial charge on any atom is 0.321 e. The van der Waals surface area contributed by atoms with E-state index in [0.29, 0.717) is 35.4 Å². The highest BCUT2D eigenvalue weighted by atomic mass is 16.5. The number of anilines is 1. The molecule has 5 rings (SSSR count). The number of likely N-dealkylation sites (tertiary alicyclic amines) is 1. The van der Waals surface area contributed by atoms with E-state index >= 15 is 0 Å². The van der Waals surface area contributed by atoms with Crippen molar-refractivity contribution >= 4 is 22.6 Å². The molecular weight excluding hydrogens is 436 g/mol. The van der Waals surface area contributed by atoms with Crippen LogP contribution in [0.25, 0.3) is 22.2 Å². The average molecular weight is 458 g/mol. The molecule has 1 aliphatic heterocycles. The summed E-state index contributed by atoms with van der Waals surface area (Å²) in [6, 6.07) is 8.92. The maximum atomic E-state index is 12.8. The van der Waals surface area contributed by atoms with Crippen LogP contribution in [0.1, 0.15) is 18.9 Å². The number of ether oxygens (including phenoxy) is 1. The number of H-pyrrole nitrogens is 1. The van der Waals surface area contributed by atoms with Crippen LogP contribution in [0.4, 0.5) is 5.82 Å². The lowest BCUT2D eigenvalue weighted by molar-refractivity contribution is -0.127. The summed E-state index contributed by atoms with van der Waals surface area (Å²) in [6.07, 6.45) is 6.04. The molecule has 0 spiro atoms. The quantitative estimate of drug-likeness (QED) is 0.433. The van der Waals surface area contributed by atoms with Gasteiger partial charge in [-0.3, -0.25) is 14.3 Å². The average Bonchev–Trinajstić information content (AvgIpc) is 3.29. The second-order valence-corrected chi connectivity index (χ2v) is 7.90. The molecule has 11 heteroatoms. The Labute approximate surface area is 193 Å². The molecule has 34 heavy (non-hydrogen) atoms. The number of hydrogen-bond acceptors (Lipinski definition) is 8. The van der Waals surface area contributed by atoms with Gasteiger partial charge in [0, 0.05) is 31.0 Å². The van der Waals surface area contributed by atoms with Gasteiger partial charge in [0.1, 0.15) is 17.0 Å². The van der Waals surface area contributed by atoms with Crippen molar-refractivity contribution in [3.8, 4) is 23.0 Å². The number of nitrogen functional groups attached to an aromatic ring is 1. The van der Waals surface area contributed by atoms with Gasteiger partial charge in [-0.25, -0.2) is 15.1 Å². The van der Waals surface area contributed by atoms with Crippen molar-refractivity contribution in [3.05, 3.63) is 65.7 Å². The molecule has 172 valence electrons. The van der Waals surface area contributed by atoms with E-state index in [2.05, 4.69) is 26.7 Å². The Kier molecular flexibility index (Phi) is 5.50. The van der Waals surface area contributed by atoms with Gasteiger partial charge in [0.2, 0.25) is 5.91 Å². The Morgan fingerprint density at radius 3 is 2.74 bits per heavy atom. The smallest absolute Gasteiger partial charge is 0.321 e. The van der Waals surface area contributed by atoms with Crippen LogP contribution < -0.4 is 16.0 Å². The third-order valence-corrected chi connectivity index (χ3v) is 5.77. The number of nitrogens with one attached hydrogen (secondary N) is 1. The predicted octanol–water partition coefficient (Wildman–Crippen LogP) is 2.30. The first kappa shape index (κ1) is 21.3. The van der Waals surface area contributed by atoms with Gasteiger partial charge in [0.05, 0.1) is 11.4 Å². The largest absolute Gasteiger partial charge is 0.424 e. The number of carbonyl (C=O) groups is 1. The normalized spacial score (nSPS) is 15.9. The van der Waals surface area contributed by atoms with Crippen LogP contribution in [0.3, 0.4) is 0 Å². The van der Waals surface area contributed by atoms with Crippen LogP contribution in [0.5, 0.6) is 11.8 Å². The highest BCUT2D eigenvalue weighted by molar-refractivity contribution is 5.99. The summed E-state index contributed by atoms with van der Waals surface area (Å²) in [4.78, 5) is 34.8. The molecule has 1 saturated heterocycles. The van der Waals surface area contributed by atoms with Gasteiger partial charge in [-0.2, -0.15) is 10.2 Å². The Balaban J connectivity index is 1.55. The molecule has 3 N–H and O–H groups in total. The van der Waals surface area contributed by atoms with E-state index < -0.39 is 5.56 Å². The third-order valence-electron chi connectivity index (χ3n) is 5.77. The van der Waals surface area contributed by atoms with Crippen LogP contribution in [-0.2, 0) is 4.79 Å². The van der Waals surface area contributed by atoms with E-state index in [0.717, 1.165) is 18.4 Å². The first-order valence-corrected chi connectivity index (χ1v) is 10.8. The monoisotopic (exact) mass is 458 g/mol. The van der Waals surface area contributed by atoms with Gasteiger partial charge in [-0.1, -0.05) is 6.58 Å². The lowest BCUT2D eigenvalue weighted by atomic mass is 10.1. The molecule has 0 saturated carbocycles. The van der Waals surface area contributed by atoms with Crippen molar-refractivity contribution < 1.29 is 9.53 Å². The summed E-state index contributed by atoms with van der Waals surface area (Å²) in [5.74, 6) is 0.576. The SMILES string of the molecule is C=CC(=O)N1CCCC(n2nc(-c3ccc(Oc4ncccn4)cc3)c3c(N)n[nH]c(=O)c32)C1. The summed E-state index contributed by atoms with van der Waals surface area (Å²) in [7, 11) is 0. The minimum Gasteiger partial charge on any atom is -0.424 e. The number of nitrogens with zero attached hydrogens (tertiary/aromatic N) is 6. The molecule has 1 aliphatic rings. The van der Waals surface area contributed by atoms with Crippen molar-refractivity contribution in [1.82, 2.24) is 34.8 Å². The summed E-state index contributed by atoms with van der Waals surface area (Å²) in [5.41, 5.74) is 7.38. The number of fused-ring (bicyclic) bond motifs is 1. The van der Waals surface area contributed by atoms with Gasteiger partial charge in [-0.05, 0) is 49.2 Å². The Morgan fingerprint density at radius 1 is 1.24 bits per heavy atom. The fraction of sp³-hybridized carbons (Fsp3) is 0.217. The zero-order valence-electron chi connectivity index (χ0n) is 18.2. The molecule has 0 bridgehead atoms. The van der Waals surface area contributed by atoms with Gasteiger partial charge >= 0.3 is 6.01 Å². The van der Waals surface area contributed by atoms with Crippen molar-refractivity contribution in [3.63, 3.8) is 0 Å². The first-order chi connectivity index (χ1) is 16.5. The van der Waals surface area contributed by atoms with Crippen LogP contribution in [0.15, 0.2) is 60.2 Å². The van der Waals surface area contributed by atoms with Crippen LogP contribution in [0, 0.1) is 0 Å². The number of carbonyl (C=O) groups excluding carboxylic acids is 1. The summed E-state index contributed by atoms with van der Waals surface area (Å²) >= 11 is 0. The van der Waals surface area contributed by atoms with Gasteiger partial charge in [0.15, 0.2) is 5.82 Å². The number of nitrogens with two attached hydrogens (primary N) is 1. The number of benzene rings is 1. The topological polar surface area (TPSA) is 145 Å². The number of amides is 1. The number of aromatic amines is 1. The zero-order valence-corrected chi connectivity index (χ0v) is 18.2. The molecule has 0 radical (unpaired) electrons.